The second-order valence-corrected chi connectivity index (χ2v) is 5.32. The minimum absolute atomic E-state index is 0.807. The molecule has 0 atom stereocenters. The average Bonchev–Trinajstić information content (AvgIpc) is 2.79. The Morgan fingerprint density at radius 2 is 2.19 bits per heavy atom. The number of halogens is 1. The number of nitrogens with zero attached hydrogens (tertiary/aromatic N) is 1. The first-order valence-corrected chi connectivity index (χ1v) is 6.72. The van der Waals surface area contributed by atoms with Crippen LogP contribution in [0.4, 0.5) is 0 Å². The third kappa shape index (κ3) is 1.45. The number of aryl methyl sites for hydroxylation is 1. The van der Waals surface area contributed by atoms with Gasteiger partial charge in [0.1, 0.15) is 4.83 Å². The molecule has 0 saturated heterocycles. The van der Waals surface area contributed by atoms with Crippen LogP contribution in [0.1, 0.15) is 19.0 Å². The van der Waals surface area contributed by atoms with Crippen LogP contribution in [0.15, 0.2) is 29.6 Å². The number of aromatic nitrogens is 1. The predicted octanol–water partition coefficient (Wildman–Crippen LogP) is 4.76. The van der Waals surface area contributed by atoms with Crippen LogP contribution in [0.2, 0.25) is 5.02 Å². The van der Waals surface area contributed by atoms with Gasteiger partial charge in [0.2, 0.25) is 0 Å². The first kappa shape index (κ1) is 10.2. The molecule has 0 aliphatic carbocycles. The number of hydrogen-bond donors (Lipinski definition) is 0. The van der Waals surface area contributed by atoms with Gasteiger partial charge in [-0.05, 0) is 24.6 Å². The van der Waals surface area contributed by atoms with Gasteiger partial charge >= 0.3 is 0 Å². The van der Waals surface area contributed by atoms with Gasteiger partial charge in [0.15, 0.2) is 0 Å². The maximum Gasteiger partial charge on any atom is 0.100 e. The maximum absolute atomic E-state index is 6.06. The smallest absolute Gasteiger partial charge is 0.100 e. The number of benzene rings is 1. The van der Waals surface area contributed by atoms with E-state index in [1.165, 1.54) is 27.8 Å². The Morgan fingerprint density at radius 1 is 1.31 bits per heavy atom. The molecule has 1 aromatic carbocycles. The fourth-order valence-corrected chi connectivity index (χ4v) is 3.30. The topological polar surface area (TPSA) is 4.41 Å². The molecule has 3 heteroatoms. The summed E-state index contributed by atoms with van der Waals surface area (Å²) in [6, 6.07) is 8.33. The summed E-state index contributed by atoms with van der Waals surface area (Å²) in [6.07, 6.45) is 2.29. The van der Waals surface area contributed by atoms with Crippen LogP contribution in [0.25, 0.3) is 15.7 Å². The molecule has 0 fully saturated rings. The number of hydrogen-bond acceptors (Lipinski definition) is 1. The fourth-order valence-electron chi connectivity index (χ4n) is 2.14. The minimum Gasteiger partial charge on any atom is -0.304 e. The Labute approximate surface area is 103 Å². The highest BCUT2D eigenvalue weighted by Crippen LogP contribution is 2.29. The summed E-state index contributed by atoms with van der Waals surface area (Å²) in [5.74, 6) is 0. The maximum atomic E-state index is 6.06. The number of fused-ring (bicyclic) bond motifs is 3. The molecule has 0 aliphatic heterocycles. The number of rotatable bonds is 2. The fraction of sp³-hybridized carbons (Fsp3) is 0.231. The zero-order valence-electron chi connectivity index (χ0n) is 9.03. The Morgan fingerprint density at radius 3 is 3.00 bits per heavy atom. The van der Waals surface area contributed by atoms with Crippen LogP contribution in [-0.2, 0) is 6.42 Å². The van der Waals surface area contributed by atoms with Crippen molar-refractivity contribution in [3.8, 4) is 0 Å². The van der Waals surface area contributed by atoms with Gasteiger partial charge in [0, 0.05) is 21.5 Å². The quantitative estimate of drug-likeness (QED) is 0.617. The van der Waals surface area contributed by atoms with E-state index in [-0.39, 0.29) is 0 Å². The van der Waals surface area contributed by atoms with E-state index in [1.54, 1.807) is 11.3 Å². The van der Waals surface area contributed by atoms with Crippen molar-refractivity contribution >= 4 is 38.7 Å². The molecule has 82 valence electrons. The molecule has 2 aromatic heterocycles. The Kier molecular flexibility index (Phi) is 2.41. The van der Waals surface area contributed by atoms with E-state index in [1.807, 2.05) is 6.07 Å². The van der Waals surface area contributed by atoms with E-state index >= 15 is 0 Å². The molecular weight excluding hydrogens is 238 g/mol. The van der Waals surface area contributed by atoms with E-state index in [0.717, 1.165) is 11.4 Å². The minimum atomic E-state index is 0.807. The monoisotopic (exact) mass is 249 g/mol. The molecule has 1 nitrogen and oxygen atoms in total. The third-order valence-electron chi connectivity index (χ3n) is 2.84. The number of thiazole rings is 1. The second-order valence-electron chi connectivity index (χ2n) is 4.00. The van der Waals surface area contributed by atoms with Crippen molar-refractivity contribution < 1.29 is 0 Å². The molecule has 0 spiro atoms. The lowest BCUT2D eigenvalue weighted by Crippen LogP contribution is -1.89. The van der Waals surface area contributed by atoms with Gasteiger partial charge in [-0.2, -0.15) is 0 Å². The van der Waals surface area contributed by atoms with Gasteiger partial charge in [-0.3, -0.25) is 0 Å². The lowest BCUT2D eigenvalue weighted by atomic mass is 10.2. The van der Waals surface area contributed by atoms with Crippen molar-refractivity contribution in [2.45, 2.75) is 19.8 Å². The Balaban J connectivity index is 2.38. The van der Waals surface area contributed by atoms with Gasteiger partial charge in [0.05, 0.1) is 5.52 Å². The molecular formula is C13H12ClNS. The summed E-state index contributed by atoms with van der Waals surface area (Å²) in [4.78, 5) is 1.31. The van der Waals surface area contributed by atoms with Crippen LogP contribution in [0, 0.1) is 0 Å². The van der Waals surface area contributed by atoms with Crippen molar-refractivity contribution in [3.05, 3.63) is 40.4 Å². The van der Waals surface area contributed by atoms with Gasteiger partial charge < -0.3 is 4.40 Å². The summed E-state index contributed by atoms with van der Waals surface area (Å²) in [7, 11) is 0. The molecule has 3 aromatic rings. The summed E-state index contributed by atoms with van der Waals surface area (Å²) >= 11 is 7.87. The molecule has 3 rings (SSSR count). The highest BCUT2D eigenvalue weighted by Gasteiger charge is 2.08. The van der Waals surface area contributed by atoms with Crippen LogP contribution < -0.4 is 0 Å². The molecule has 0 saturated carbocycles. The van der Waals surface area contributed by atoms with Crippen molar-refractivity contribution in [2.75, 3.05) is 0 Å². The van der Waals surface area contributed by atoms with E-state index < -0.39 is 0 Å². The van der Waals surface area contributed by atoms with Crippen LogP contribution in [0.3, 0.4) is 0 Å². The van der Waals surface area contributed by atoms with Gasteiger partial charge in [-0.1, -0.05) is 31.0 Å². The van der Waals surface area contributed by atoms with E-state index in [0.29, 0.717) is 0 Å². The van der Waals surface area contributed by atoms with Crippen molar-refractivity contribution in [2.24, 2.45) is 0 Å². The molecule has 0 aliphatic rings. The third-order valence-corrected chi connectivity index (χ3v) is 4.01. The Hall–Kier alpha value is -0.990. The normalized spacial score (nSPS) is 11.6. The van der Waals surface area contributed by atoms with Crippen LogP contribution in [0.5, 0.6) is 0 Å². The molecule has 0 unspecified atom stereocenters. The Bertz CT molecular complexity index is 650. The average molecular weight is 250 g/mol. The molecule has 0 bridgehead atoms. The molecule has 0 N–H and O–H groups in total. The zero-order valence-corrected chi connectivity index (χ0v) is 10.6. The molecule has 2 heterocycles. The van der Waals surface area contributed by atoms with Crippen LogP contribution in [-0.4, -0.2) is 4.40 Å². The first-order chi connectivity index (χ1) is 7.79. The highest BCUT2D eigenvalue weighted by molar-refractivity contribution is 7.15. The van der Waals surface area contributed by atoms with Gasteiger partial charge in [0.25, 0.3) is 0 Å². The lowest BCUT2D eigenvalue weighted by molar-refractivity contribution is 0.879. The second kappa shape index (κ2) is 3.79. The summed E-state index contributed by atoms with van der Waals surface area (Å²) in [6.45, 7) is 2.21. The predicted molar refractivity (Wildman–Crippen MR) is 71.8 cm³/mol. The first-order valence-electron chi connectivity index (χ1n) is 5.46. The zero-order chi connectivity index (χ0) is 11.1. The summed E-state index contributed by atoms with van der Waals surface area (Å²) in [5, 5.41) is 4.33. The van der Waals surface area contributed by atoms with Crippen molar-refractivity contribution in [3.63, 3.8) is 0 Å². The molecule has 0 radical (unpaired) electrons. The summed E-state index contributed by atoms with van der Waals surface area (Å²) in [5.41, 5.74) is 2.62. The van der Waals surface area contributed by atoms with Crippen LogP contribution >= 0.6 is 22.9 Å². The van der Waals surface area contributed by atoms with E-state index in [9.17, 15) is 0 Å². The summed E-state index contributed by atoms with van der Waals surface area (Å²) < 4.78 is 2.33. The SMILES string of the molecule is CCCc1csc2cc3ccc(Cl)cc3n12. The van der Waals surface area contributed by atoms with Gasteiger partial charge in [-0.15, -0.1) is 11.3 Å². The van der Waals surface area contributed by atoms with Crippen molar-refractivity contribution in [1.82, 2.24) is 4.40 Å². The lowest BCUT2D eigenvalue weighted by Gasteiger charge is -1.99. The molecule has 16 heavy (non-hydrogen) atoms. The molecule has 0 amide bonds. The van der Waals surface area contributed by atoms with E-state index in [2.05, 4.69) is 34.9 Å². The van der Waals surface area contributed by atoms with Gasteiger partial charge in [-0.25, -0.2) is 0 Å². The standard InChI is InChI=1S/C13H12ClNS/c1-2-3-11-8-16-13-6-9-4-5-10(14)7-12(9)15(11)13/h4-8H,2-3H2,1H3. The van der Waals surface area contributed by atoms with Crippen molar-refractivity contribution in [1.29, 1.82) is 0 Å². The largest absolute Gasteiger partial charge is 0.304 e. The highest BCUT2D eigenvalue weighted by atomic mass is 35.5. The van der Waals surface area contributed by atoms with E-state index in [4.69, 9.17) is 11.6 Å².